The average Bonchev–Trinajstić information content (AvgIpc) is 2.39. The molecule has 0 spiro atoms. The number of methoxy groups -OCH3 is 1. The molecule has 1 aliphatic heterocycles. The zero-order valence-corrected chi connectivity index (χ0v) is 12.0. The van der Waals surface area contributed by atoms with Crippen molar-refractivity contribution < 1.29 is 4.74 Å². The van der Waals surface area contributed by atoms with E-state index in [0.29, 0.717) is 6.04 Å². The van der Waals surface area contributed by atoms with Crippen LogP contribution in [0.5, 0.6) is 5.75 Å². The number of benzene rings is 1. The van der Waals surface area contributed by atoms with E-state index in [-0.39, 0.29) is 0 Å². The van der Waals surface area contributed by atoms with Crippen LogP contribution in [0, 0.1) is 0 Å². The summed E-state index contributed by atoms with van der Waals surface area (Å²) < 4.78 is 5.44. The molecule has 100 valence electrons. The van der Waals surface area contributed by atoms with Gasteiger partial charge in [0.1, 0.15) is 5.75 Å². The quantitative estimate of drug-likeness (QED) is 0.900. The highest BCUT2D eigenvalue weighted by atomic mass is 35.5. The first-order valence-electron chi connectivity index (χ1n) is 6.83. The van der Waals surface area contributed by atoms with E-state index in [1.165, 1.54) is 24.8 Å². The van der Waals surface area contributed by atoms with Gasteiger partial charge >= 0.3 is 0 Å². The van der Waals surface area contributed by atoms with Gasteiger partial charge in [0.2, 0.25) is 0 Å². The second kappa shape index (κ2) is 6.44. The van der Waals surface area contributed by atoms with E-state index in [2.05, 4.69) is 24.4 Å². The molecule has 1 N–H and O–H groups in total. The molecule has 1 atom stereocenters. The minimum Gasteiger partial charge on any atom is -0.496 e. The van der Waals surface area contributed by atoms with E-state index in [1.807, 2.05) is 0 Å². The second-order valence-electron chi connectivity index (χ2n) is 4.96. The molecule has 18 heavy (non-hydrogen) atoms. The maximum Gasteiger partial charge on any atom is 0.123 e. The zero-order valence-electron chi connectivity index (χ0n) is 11.3. The zero-order chi connectivity index (χ0) is 13.0. The Labute approximate surface area is 115 Å². The van der Waals surface area contributed by atoms with Gasteiger partial charge in [0.25, 0.3) is 0 Å². The Balaban J connectivity index is 2.15. The Kier molecular flexibility index (Phi) is 4.90. The average molecular weight is 268 g/mol. The molecule has 1 heterocycles. The van der Waals surface area contributed by atoms with E-state index in [4.69, 9.17) is 16.3 Å². The van der Waals surface area contributed by atoms with Crippen LogP contribution < -0.4 is 10.1 Å². The number of piperidine rings is 1. The Bertz CT molecular complexity index is 400. The highest BCUT2D eigenvalue weighted by molar-refractivity contribution is 6.31. The maximum absolute atomic E-state index is 6.33. The van der Waals surface area contributed by atoms with Crippen LogP contribution in [0.4, 0.5) is 0 Å². The smallest absolute Gasteiger partial charge is 0.123 e. The van der Waals surface area contributed by atoms with E-state index < -0.39 is 0 Å². The summed E-state index contributed by atoms with van der Waals surface area (Å²) in [4.78, 5) is 0. The van der Waals surface area contributed by atoms with Crippen molar-refractivity contribution in [2.24, 2.45) is 0 Å². The fourth-order valence-electron chi connectivity index (χ4n) is 2.69. The Morgan fingerprint density at radius 3 is 2.83 bits per heavy atom. The molecule has 2 nitrogen and oxygen atoms in total. The summed E-state index contributed by atoms with van der Waals surface area (Å²) >= 11 is 6.33. The molecule has 1 aromatic rings. The second-order valence-corrected chi connectivity index (χ2v) is 5.37. The summed E-state index contributed by atoms with van der Waals surface area (Å²) in [6, 6.07) is 4.83. The number of hydrogen-bond donors (Lipinski definition) is 1. The maximum atomic E-state index is 6.33. The number of ether oxygens (including phenoxy) is 1. The predicted octanol–water partition coefficient (Wildman–Crippen LogP) is 3.60. The fraction of sp³-hybridized carbons (Fsp3) is 0.600. The number of rotatable bonds is 4. The molecule has 0 radical (unpaired) electrons. The van der Waals surface area contributed by atoms with Gasteiger partial charge in [-0.25, -0.2) is 0 Å². The van der Waals surface area contributed by atoms with Crippen molar-refractivity contribution in [3.05, 3.63) is 28.3 Å². The van der Waals surface area contributed by atoms with E-state index in [0.717, 1.165) is 35.7 Å². The summed E-state index contributed by atoms with van der Waals surface area (Å²) in [5.74, 6) is 0.927. The van der Waals surface area contributed by atoms with Crippen molar-refractivity contribution in [2.45, 2.75) is 45.1 Å². The van der Waals surface area contributed by atoms with Crippen LogP contribution in [0.15, 0.2) is 12.1 Å². The van der Waals surface area contributed by atoms with Crippen LogP contribution >= 0.6 is 11.6 Å². The van der Waals surface area contributed by atoms with Gasteiger partial charge in [0, 0.05) is 16.6 Å². The minimum absolute atomic E-state index is 0.590. The van der Waals surface area contributed by atoms with Crippen LogP contribution in [0.1, 0.15) is 37.3 Å². The molecule has 0 aromatic heterocycles. The van der Waals surface area contributed by atoms with Crippen molar-refractivity contribution in [3.8, 4) is 5.75 Å². The van der Waals surface area contributed by atoms with Crippen LogP contribution in [0.2, 0.25) is 5.02 Å². The number of hydrogen-bond acceptors (Lipinski definition) is 2. The molecule has 1 saturated heterocycles. The fourth-order valence-corrected chi connectivity index (χ4v) is 3.06. The standard InChI is InChI=1S/C15H22ClNO/c1-3-13-14(16)9-11(10-15(13)18-2)8-12-6-4-5-7-17-12/h9-10,12,17H,3-8H2,1-2H3. The molecule has 2 rings (SSSR count). The Morgan fingerprint density at radius 2 is 2.22 bits per heavy atom. The van der Waals surface area contributed by atoms with Crippen molar-refractivity contribution in [2.75, 3.05) is 13.7 Å². The van der Waals surface area contributed by atoms with Gasteiger partial charge in [-0.1, -0.05) is 24.9 Å². The molecule has 0 aliphatic carbocycles. The van der Waals surface area contributed by atoms with Crippen molar-refractivity contribution in [1.29, 1.82) is 0 Å². The molecule has 0 bridgehead atoms. The normalized spacial score (nSPS) is 19.8. The van der Waals surface area contributed by atoms with Gasteiger partial charge in [-0.3, -0.25) is 0 Å². The Morgan fingerprint density at radius 1 is 1.39 bits per heavy atom. The van der Waals surface area contributed by atoms with Gasteiger partial charge in [-0.15, -0.1) is 0 Å². The molecular weight excluding hydrogens is 246 g/mol. The summed E-state index contributed by atoms with van der Waals surface area (Å²) in [6.07, 6.45) is 5.84. The van der Waals surface area contributed by atoms with Crippen LogP contribution in [-0.2, 0) is 12.8 Å². The Hall–Kier alpha value is -0.730. The lowest BCUT2D eigenvalue weighted by molar-refractivity contribution is 0.395. The highest BCUT2D eigenvalue weighted by Gasteiger charge is 2.15. The lowest BCUT2D eigenvalue weighted by Crippen LogP contribution is -2.35. The summed E-state index contributed by atoms with van der Waals surface area (Å²) in [7, 11) is 1.72. The third kappa shape index (κ3) is 3.18. The minimum atomic E-state index is 0.590. The molecule has 0 saturated carbocycles. The van der Waals surface area contributed by atoms with Gasteiger partial charge in [-0.2, -0.15) is 0 Å². The van der Waals surface area contributed by atoms with Crippen LogP contribution in [0.3, 0.4) is 0 Å². The summed E-state index contributed by atoms with van der Waals surface area (Å²) in [6.45, 7) is 3.24. The molecule has 1 unspecified atom stereocenters. The molecule has 1 fully saturated rings. The molecule has 0 amide bonds. The molecular formula is C15H22ClNO. The van der Waals surface area contributed by atoms with Gasteiger partial charge in [0.15, 0.2) is 0 Å². The number of nitrogens with one attached hydrogen (secondary N) is 1. The lowest BCUT2D eigenvalue weighted by atomic mass is 9.96. The topological polar surface area (TPSA) is 21.3 Å². The molecule has 3 heteroatoms. The third-order valence-corrected chi connectivity index (χ3v) is 4.02. The summed E-state index contributed by atoms with van der Waals surface area (Å²) in [5.41, 5.74) is 2.38. The lowest BCUT2D eigenvalue weighted by Gasteiger charge is -2.24. The molecule has 1 aliphatic rings. The van der Waals surface area contributed by atoms with Crippen molar-refractivity contribution in [1.82, 2.24) is 5.32 Å². The molecule has 1 aromatic carbocycles. The van der Waals surface area contributed by atoms with Crippen molar-refractivity contribution in [3.63, 3.8) is 0 Å². The van der Waals surface area contributed by atoms with Crippen LogP contribution in [0.25, 0.3) is 0 Å². The first kappa shape index (κ1) is 13.7. The monoisotopic (exact) mass is 267 g/mol. The van der Waals surface area contributed by atoms with Crippen molar-refractivity contribution >= 4 is 11.6 Å². The number of halogens is 1. The van der Waals surface area contributed by atoms with E-state index in [9.17, 15) is 0 Å². The largest absolute Gasteiger partial charge is 0.496 e. The highest BCUT2D eigenvalue weighted by Crippen LogP contribution is 2.30. The van der Waals surface area contributed by atoms with E-state index in [1.54, 1.807) is 7.11 Å². The third-order valence-electron chi connectivity index (χ3n) is 3.68. The van der Waals surface area contributed by atoms with Gasteiger partial charge in [0.05, 0.1) is 7.11 Å². The predicted molar refractivity (Wildman–Crippen MR) is 76.7 cm³/mol. The first-order valence-corrected chi connectivity index (χ1v) is 7.21. The van der Waals surface area contributed by atoms with E-state index >= 15 is 0 Å². The van der Waals surface area contributed by atoms with Gasteiger partial charge < -0.3 is 10.1 Å². The SMILES string of the molecule is CCc1c(Cl)cc(CC2CCCCN2)cc1OC. The summed E-state index contributed by atoms with van der Waals surface area (Å²) in [5, 5.41) is 4.41. The van der Waals surface area contributed by atoms with Crippen LogP contribution in [-0.4, -0.2) is 19.7 Å². The van der Waals surface area contributed by atoms with Gasteiger partial charge in [-0.05, 0) is 49.9 Å². The first-order chi connectivity index (χ1) is 8.74.